The minimum Gasteiger partial charge on any atom is -0.210 e. The second-order valence-corrected chi connectivity index (χ2v) is 2.58. The Kier molecular flexibility index (Phi) is 2.58. The molecule has 0 aliphatic carbocycles. The second-order valence-electron chi connectivity index (χ2n) is 2.58. The summed E-state index contributed by atoms with van der Waals surface area (Å²) in [5.74, 6) is 0. The summed E-state index contributed by atoms with van der Waals surface area (Å²) in [5.41, 5.74) is 1.80. The van der Waals surface area contributed by atoms with Gasteiger partial charge in [-0.05, 0) is 12.5 Å². The first-order valence-corrected chi connectivity index (χ1v) is 3.52. The van der Waals surface area contributed by atoms with Crippen molar-refractivity contribution in [3.63, 3.8) is 0 Å². The fourth-order valence-corrected chi connectivity index (χ4v) is 0.902. The van der Waals surface area contributed by atoms with Crippen LogP contribution in [0.25, 0.3) is 0 Å². The van der Waals surface area contributed by atoms with Gasteiger partial charge >= 0.3 is 0 Å². The SMILES string of the molecule is Cc1ccc(CC(F)F)cc1. The molecule has 0 spiro atoms. The Morgan fingerprint density at radius 2 is 1.73 bits per heavy atom. The molecule has 0 N–H and O–H groups in total. The second kappa shape index (κ2) is 3.46. The van der Waals surface area contributed by atoms with Gasteiger partial charge in [0, 0.05) is 6.42 Å². The van der Waals surface area contributed by atoms with Crippen molar-refractivity contribution >= 4 is 0 Å². The molecule has 2 heteroatoms. The van der Waals surface area contributed by atoms with E-state index in [0.717, 1.165) is 5.56 Å². The van der Waals surface area contributed by atoms with E-state index < -0.39 is 6.43 Å². The largest absolute Gasteiger partial charge is 0.242 e. The molecule has 0 unspecified atom stereocenters. The molecule has 0 aliphatic heterocycles. The van der Waals surface area contributed by atoms with E-state index >= 15 is 0 Å². The lowest BCUT2D eigenvalue weighted by Gasteiger charge is -1.99. The fraction of sp³-hybridized carbons (Fsp3) is 0.333. The third-order valence-electron chi connectivity index (χ3n) is 1.51. The molecule has 60 valence electrons. The van der Waals surface area contributed by atoms with Crippen LogP contribution in [0.5, 0.6) is 0 Å². The van der Waals surface area contributed by atoms with Crippen LogP contribution in [0.15, 0.2) is 24.3 Å². The van der Waals surface area contributed by atoms with Crippen LogP contribution in [0.1, 0.15) is 11.1 Å². The molecule has 0 bridgehead atoms. The lowest BCUT2D eigenvalue weighted by atomic mass is 10.1. The summed E-state index contributed by atoms with van der Waals surface area (Å²) in [7, 11) is 0. The van der Waals surface area contributed by atoms with Gasteiger partial charge in [-0.2, -0.15) is 0 Å². The minimum atomic E-state index is -2.24. The Balaban J connectivity index is 2.66. The zero-order valence-electron chi connectivity index (χ0n) is 6.35. The van der Waals surface area contributed by atoms with Gasteiger partial charge in [0.2, 0.25) is 6.43 Å². The van der Waals surface area contributed by atoms with Crippen molar-refractivity contribution < 1.29 is 8.78 Å². The van der Waals surface area contributed by atoms with Crippen molar-refractivity contribution in [2.24, 2.45) is 0 Å². The summed E-state index contributed by atoms with van der Waals surface area (Å²) in [6, 6.07) is 7.17. The van der Waals surface area contributed by atoms with E-state index in [1.54, 1.807) is 12.1 Å². The van der Waals surface area contributed by atoms with E-state index in [4.69, 9.17) is 0 Å². The predicted molar refractivity (Wildman–Crippen MR) is 40.9 cm³/mol. The van der Waals surface area contributed by atoms with E-state index in [2.05, 4.69) is 0 Å². The molecule has 0 saturated carbocycles. The number of benzene rings is 1. The van der Waals surface area contributed by atoms with Gasteiger partial charge in [-0.15, -0.1) is 0 Å². The Bertz CT molecular complexity index is 214. The average Bonchev–Trinajstić information content (AvgIpc) is 1.93. The van der Waals surface area contributed by atoms with Crippen LogP contribution in [-0.4, -0.2) is 6.43 Å². The summed E-state index contributed by atoms with van der Waals surface area (Å²) in [6.45, 7) is 1.94. The summed E-state index contributed by atoms with van der Waals surface area (Å²) >= 11 is 0. The summed E-state index contributed by atoms with van der Waals surface area (Å²) in [6.07, 6.45) is -2.38. The van der Waals surface area contributed by atoms with Crippen molar-refractivity contribution in [3.05, 3.63) is 35.4 Å². The van der Waals surface area contributed by atoms with Crippen molar-refractivity contribution in [3.8, 4) is 0 Å². The highest BCUT2D eigenvalue weighted by Gasteiger charge is 2.02. The monoisotopic (exact) mass is 156 g/mol. The molecule has 0 aliphatic rings. The Morgan fingerprint density at radius 3 is 2.18 bits per heavy atom. The zero-order chi connectivity index (χ0) is 8.27. The number of hydrogen-bond donors (Lipinski definition) is 0. The minimum absolute atomic E-state index is 0.139. The normalized spacial score (nSPS) is 10.5. The summed E-state index contributed by atoms with van der Waals surface area (Å²) in [5, 5.41) is 0. The Morgan fingerprint density at radius 1 is 1.18 bits per heavy atom. The van der Waals surface area contributed by atoms with E-state index in [9.17, 15) is 8.78 Å². The molecule has 1 rings (SSSR count). The maximum absolute atomic E-state index is 11.8. The molecule has 1 aromatic rings. The van der Waals surface area contributed by atoms with Crippen LogP contribution < -0.4 is 0 Å². The van der Waals surface area contributed by atoms with E-state index in [1.807, 2.05) is 19.1 Å². The van der Waals surface area contributed by atoms with Crippen molar-refractivity contribution in [2.45, 2.75) is 19.8 Å². The lowest BCUT2D eigenvalue weighted by molar-refractivity contribution is 0.149. The topological polar surface area (TPSA) is 0 Å². The van der Waals surface area contributed by atoms with Crippen LogP contribution >= 0.6 is 0 Å². The standard InChI is InChI=1S/C9H10F2/c1-7-2-4-8(5-3-7)6-9(10)11/h2-5,9H,6H2,1H3. The molecular weight excluding hydrogens is 146 g/mol. The lowest BCUT2D eigenvalue weighted by Crippen LogP contribution is -1.95. The fourth-order valence-electron chi connectivity index (χ4n) is 0.902. The third-order valence-corrected chi connectivity index (χ3v) is 1.51. The number of rotatable bonds is 2. The highest BCUT2D eigenvalue weighted by atomic mass is 19.3. The number of alkyl halides is 2. The third kappa shape index (κ3) is 2.66. The summed E-state index contributed by atoms with van der Waals surface area (Å²) in [4.78, 5) is 0. The van der Waals surface area contributed by atoms with Gasteiger partial charge in [0.05, 0.1) is 0 Å². The Labute approximate surface area is 64.9 Å². The Hall–Kier alpha value is -0.920. The first-order valence-electron chi connectivity index (χ1n) is 3.52. The number of hydrogen-bond acceptors (Lipinski definition) is 0. The van der Waals surface area contributed by atoms with Gasteiger partial charge in [0.15, 0.2) is 0 Å². The maximum atomic E-state index is 11.8. The molecule has 0 amide bonds. The molecule has 0 radical (unpaired) electrons. The van der Waals surface area contributed by atoms with E-state index in [-0.39, 0.29) is 6.42 Å². The first-order chi connectivity index (χ1) is 5.18. The van der Waals surface area contributed by atoms with Gasteiger partial charge in [0.25, 0.3) is 0 Å². The van der Waals surface area contributed by atoms with Gasteiger partial charge < -0.3 is 0 Å². The molecule has 11 heavy (non-hydrogen) atoms. The molecule has 0 aromatic heterocycles. The molecule has 0 saturated heterocycles. The zero-order valence-corrected chi connectivity index (χ0v) is 6.35. The molecular formula is C9H10F2. The van der Waals surface area contributed by atoms with Gasteiger partial charge in [-0.3, -0.25) is 0 Å². The van der Waals surface area contributed by atoms with Gasteiger partial charge in [0.1, 0.15) is 0 Å². The van der Waals surface area contributed by atoms with Crippen LogP contribution in [-0.2, 0) is 6.42 Å². The van der Waals surface area contributed by atoms with Crippen LogP contribution in [0.4, 0.5) is 8.78 Å². The average molecular weight is 156 g/mol. The van der Waals surface area contributed by atoms with Gasteiger partial charge in [-0.25, -0.2) is 8.78 Å². The van der Waals surface area contributed by atoms with Crippen LogP contribution in [0.3, 0.4) is 0 Å². The van der Waals surface area contributed by atoms with Crippen molar-refractivity contribution in [1.29, 1.82) is 0 Å². The summed E-state index contributed by atoms with van der Waals surface area (Å²) < 4.78 is 23.6. The highest BCUT2D eigenvalue weighted by molar-refractivity contribution is 5.21. The van der Waals surface area contributed by atoms with Crippen LogP contribution in [0, 0.1) is 6.92 Å². The number of aryl methyl sites for hydroxylation is 1. The highest BCUT2D eigenvalue weighted by Crippen LogP contribution is 2.08. The smallest absolute Gasteiger partial charge is 0.210 e. The van der Waals surface area contributed by atoms with Crippen molar-refractivity contribution in [1.82, 2.24) is 0 Å². The molecule has 0 heterocycles. The van der Waals surface area contributed by atoms with Gasteiger partial charge in [-0.1, -0.05) is 29.8 Å². The van der Waals surface area contributed by atoms with Crippen molar-refractivity contribution in [2.75, 3.05) is 0 Å². The maximum Gasteiger partial charge on any atom is 0.242 e. The van der Waals surface area contributed by atoms with E-state index in [0.29, 0.717) is 5.56 Å². The quantitative estimate of drug-likeness (QED) is 0.617. The molecule has 0 fully saturated rings. The van der Waals surface area contributed by atoms with E-state index in [1.165, 1.54) is 0 Å². The molecule has 0 nitrogen and oxygen atoms in total. The predicted octanol–water partition coefficient (Wildman–Crippen LogP) is 2.80. The molecule has 0 atom stereocenters. The first kappa shape index (κ1) is 8.18. The molecule has 1 aromatic carbocycles. The number of halogens is 2. The van der Waals surface area contributed by atoms with Crippen LogP contribution in [0.2, 0.25) is 0 Å².